The molecule has 1 aromatic carbocycles. The minimum atomic E-state index is -0.268. The highest BCUT2D eigenvalue weighted by atomic mass is 16.5. The van der Waals surface area contributed by atoms with Crippen molar-refractivity contribution in [2.24, 2.45) is 0 Å². The third-order valence-corrected chi connectivity index (χ3v) is 2.81. The van der Waals surface area contributed by atoms with E-state index in [0.717, 1.165) is 0 Å². The van der Waals surface area contributed by atoms with Crippen molar-refractivity contribution in [1.29, 1.82) is 0 Å². The molecule has 0 radical (unpaired) electrons. The molecule has 2 N–H and O–H groups in total. The number of para-hydroxylation sites is 1. The Morgan fingerprint density at radius 2 is 1.86 bits per heavy atom. The molecular weight excluding hydrogens is 282 g/mol. The maximum absolute atomic E-state index is 12.0. The molecule has 0 saturated carbocycles. The van der Waals surface area contributed by atoms with Gasteiger partial charge in [-0.15, -0.1) is 0 Å². The van der Waals surface area contributed by atoms with E-state index >= 15 is 0 Å². The Hall–Kier alpha value is -3.22. The first kappa shape index (κ1) is 13.7. The maximum atomic E-state index is 12.0. The first-order chi connectivity index (χ1) is 10.7. The molecule has 3 aromatic rings. The van der Waals surface area contributed by atoms with Gasteiger partial charge in [-0.3, -0.25) is 4.79 Å². The molecule has 22 heavy (non-hydrogen) atoms. The maximum Gasteiger partial charge on any atom is 0.258 e. The molecule has 3 rings (SSSR count). The van der Waals surface area contributed by atoms with Crippen molar-refractivity contribution in [2.75, 3.05) is 10.6 Å². The zero-order valence-corrected chi connectivity index (χ0v) is 11.8. The number of hydrogen-bond acceptors (Lipinski definition) is 6. The minimum absolute atomic E-state index is 0.268. The van der Waals surface area contributed by atoms with Gasteiger partial charge in [0.05, 0.1) is 5.56 Å². The van der Waals surface area contributed by atoms with E-state index in [1.807, 2.05) is 30.3 Å². The summed E-state index contributed by atoms with van der Waals surface area (Å²) < 4.78 is 4.93. The average Bonchev–Trinajstić information content (AvgIpc) is 2.94. The van der Waals surface area contributed by atoms with Crippen molar-refractivity contribution in [2.45, 2.75) is 6.92 Å². The molecule has 7 nitrogen and oxygen atoms in total. The Bertz CT molecular complexity index is 768. The number of hydrogen-bond donors (Lipinski definition) is 2. The Balaban J connectivity index is 1.67. The quantitative estimate of drug-likeness (QED) is 0.768. The Labute approximate surface area is 126 Å². The lowest BCUT2D eigenvalue weighted by Gasteiger charge is -2.05. The number of nitrogens with zero attached hydrogens (tertiary/aromatic N) is 3. The molecule has 0 saturated heterocycles. The minimum Gasteiger partial charge on any atom is -0.360 e. The van der Waals surface area contributed by atoms with Gasteiger partial charge in [0.15, 0.2) is 5.82 Å². The highest BCUT2D eigenvalue weighted by molar-refractivity contribution is 6.03. The number of nitrogens with one attached hydrogen (secondary N) is 2. The van der Waals surface area contributed by atoms with Crippen molar-refractivity contribution in [3.8, 4) is 0 Å². The van der Waals surface area contributed by atoms with E-state index < -0.39 is 0 Å². The van der Waals surface area contributed by atoms with Crippen LogP contribution in [0.1, 0.15) is 16.1 Å². The monoisotopic (exact) mass is 295 g/mol. The average molecular weight is 295 g/mol. The molecule has 2 aromatic heterocycles. The molecule has 0 atom stereocenters. The zero-order chi connectivity index (χ0) is 15.4. The highest BCUT2D eigenvalue weighted by Gasteiger charge is 2.08. The Morgan fingerprint density at radius 1 is 1.14 bits per heavy atom. The first-order valence-corrected chi connectivity index (χ1v) is 6.59. The van der Waals surface area contributed by atoms with Gasteiger partial charge in [0.25, 0.3) is 5.91 Å². The van der Waals surface area contributed by atoms with Crippen molar-refractivity contribution >= 4 is 23.4 Å². The number of carbonyl (C=O) groups excluding carboxylic acids is 1. The molecular formula is C15H13N5O2. The molecule has 2 heterocycles. The first-order valence-electron chi connectivity index (χ1n) is 6.59. The molecule has 7 heteroatoms. The lowest BCUT2D eigenvalue weighted by Crippen LogP contribution is -2.13. The van der Waals surface area contributed by atoms with Gasteiger partial charge in [-0.2, -0.15) is 0 Å². The van der Waals surface area contributed by atoms with E-state index in [0.29, 0.717) is 28.8 Å². The second-order valence-corrected chi connectivity index (χ2v) is 4.56. The molecule has 0 bridgehead atoms. The SMILES string of the molecule is Cc1cc(Nc2ncc(C(=O)Nc3ccccc3)cn2)no1. The van der Waals surface area contributed by atoms with Gasteiger partial charge >= 0.3 is 0 Å². The second kappa shape index (κ2) is 6.04. The van der Waals surface area contributed by atoms with Crippen LogP contribution < -0.4 is 10.6 Å². The fourth-order valence-corrected chi connectivity index (χ4v) is 1.77. The predicted octanol–water partition coefficient (Wildman–Crippen LogP) is 2.77. The summed E-state index contributed by atoms with van der Waals surface area (Å²) in [7, 11) is 0. The molecule has 0 fully saturated rings. The molecule has 110 valence electrons. The van der Waals surface area contributed by atoms with Crippen molar-refractivity contribution in [3.05, 3.63) is 60.1 Å². The normalized spacial score (nSPS) is 10.2. The van der Waals surface area contributed by atoms with Crippen molar-refractivity contribution < 1.29 is 9.32 Å². The van der Waals surface area contributed by atoms with Gasteiger partial charge in [-0.1, -0.05) is 23.4 Å². The molecule has 0 unspecified atom stereocenters. The number of carbonyl (C=O) groups is 1. The summed E-state index contributed by atoms with van der Waals surface area (Å²) in [6, 6.07) is 10.9. The van der Waals surface area contributed by atoms with Crippen LogP contribution in [0.25, 0.3) is 0 Å². The predicted molar refractivity (Wildman–Crippen MR) is 80.9 cm³/mol. The van der Waals surface area contributed by atoms with E-state index in [4.69, 9.17) is 4.52 Å². The summed E-state index contributed by atoms with van der Waals surface area (Å²) in [5.74, 6) is 1.26. The summed E-state index contributed by atoms with van der Waals surface area (Å²) in [4.78, 5) is 20.2. The number of amides is 1. The zero-order valence-electron chi connectivity index (χ0n) is 11.8. The third kappa shape index (κ3) is 3.26. The fourth-order valence-electron chi connectivity index (χ4n) is 1.77. The lowest BCUT2D eigenvalue weighted by molar-refractivity contribution is 0.102. The number of anilines is 3. The third-order valence-electron chi connectivity index (χ3n) is 2.81. The second-order valence-electron chi connectivity index (χ2n) is 4.56. The smallest absolute Gasteiger partial charge is 0.258 e. The van der Waals surface area contributed by atoms with Crippen molar-refractivity contribution in [1.82, 2.24) is 15.1 Å². The van der Waals surface area contributed by atoms with Crippen LogP contribution in [0.2, 0.25) is 0 Å². The summed E-state index contributed by atoms with van der Waals surface area (Å²) >= 11 is 0. The molecule has 0 aliphatic carbocycles. The van der Waals surface area contributed by atoms with Crippen LogP contribution in [-0.4, -0.2) is 21.0 Å². The van der Waals surface area contributed by atoms with Crippen LogP contribution in [0.15, 0.2) is 53.3 Å². The van der Waals surface area contributed by atoms with E-state index in [9.17, 15) is 4.79 Å². The van der Waals surface area contributed by atoms with Crippen LogP contribution in [0.3, 0.4) is 0 Å². The van der Waals surface area contributed by atoms with Gasteiger partial charge in [0, 0.05) is 24.1 Å². The van der Waals surface area contributed by atoms with Gasteiger partial charge in [0.1, 0.15) is 5.76 Å². The van der Waals surface area contributed by atoms with Crippen LogP contribution in [-0.2, 0) is 0 Å². The molecule has 0 aliphatic rings. The number of aromatic nitrogens is 3. The van der Waals surface area contributed by atoms with Crippen LogP contribution in [0, 0.1) is 6.92 Å². The van der Waals surface area contributed by atoms with E-state index in [1.54, 1.807) is 13.0 Å². The van der Waals surface area contributed by atoms with Crippen LogP contribution >= 0.6 is 0 Å². The van der Waals surface area contributed by atoms with Gasteiger partial charge in [0.2, 0.25) is 5.95 Å². The molecule has 1 amide bonds. The lowest BCUT2D eigenvalue weighted by atomic mass is 10.3. The molecule has 0 aliphatic heterocycles. The Morgan fingerprint density at radius 3 is 2.50 bits per heavy atom. The fraction of sp³-hybridized carbons (Fsp3) is 0.0667. The number of rotatable bonds is 4. The van der Waals surface area contributed by atoms with Gasteiger partial charge in [-0.05, 0) is 19.1 Å². The van der Waals surface area contributed by atoms with Crippen molar-refractivity contribution in [3.63, 3.8) is 0 Å². The van der Waals surface area contributed by atoms with Gasteiger partial charge < -0.3 is 15.2 Å². The van der Waals surface area contributed by atoms with E-state index in [1.165, 1.54) is 12.4 Å². The highest BCUT2D eigenvalue weighted by Crippen LogP contribution is 2.13. The largest absolute Gasteiger partial charge is 0.360 e. The molecule has 0 spiro atoms. The van der Waals surface area contributed by atoms with Crippen LogP contribution in [0.4, 0.5) is 17.5 Å². The summed E-state index contributed by atoms with van der Waals surface area (Å²) in [5.41, 5.74) is 1.08. The standard InChI is InChI=1S/C15H13N5O2/c1-10-7-13(20-22-10)19-15-16-8-11(9-17-15)14(21)18-12-5-3-2-4-6-12/h2-9H,1H3,(H,18,21)(H,16,17,19,20). The van der Waals surface area contributed by atoms with Crippen LogP contribution in [0.5, 0.6) is 0 Å². The summed E-state index contributed by atoms with van der Waals surface area (Å²) in [6.07, 6.45) is 2.89. The van der Waals surface area contributed by atoms with E-state index in [2.05, 4.69) is 25.8 Å². The number of benzene rings is 1. The van der Waals surface area contributed by atoms with E-state index in [-0.39, 0.29) is 5.91 Å². The summed E-state index contributed by atoms with van der Waals surface area (Å²) in [6.45, 7) is 1.79. The summed E-state index contributed by atoms with van der Waals surface area (Å²) in [5, 5.41) is 9.42. The number of aryl methyl sites for hydroxylation is 1. The van der Waals surface area contributed by atoms with Gasteiger partial charge in [-0.25, -0.2) is 9.97 Å². The topological polar surface area (TPSA) is 92.9 Å². The Kier molecular flexibility index (Phi) is 3.78.